The fourth-order valence-electron chi connectivity index (χ4n) is 3.30. The van der Waals surface area contributed by atoms with Gasteiger partial charge in [0.2, 0.25) is 15.9 Å². The summed E-state index contributed by atoms with van der Waals surface area (Å²) in [6, 6.07) is 6.44. The monoisotopic (exact) mass is 340 g/mol. The lowest BCUT2D eigenvalue weighted by atomic mass is 9.93. The van der Waals surface area contributed by atoms with Gasteiger partial charge in [-0.25, -0.2) is 17.1 Å². The molecular weight excluding hydrogens is 319 g/mol. The van der Waals surface area contributed by atoms with Crippen LogP contribution in [0.2, 0.25) is 0 Å². The number of carbonyl (C=O) groups is 1. The first kappa shape index (κ1) is 16.4. The number of carbonyl (C=O) groups excluding carboxylic acids is 1. The van der Waals surface area contributed by atoms with Crippen LogP contribution in [0.1, 0.15) is 24.8 Å². The Balaban J connectivity index is 1.78. The average Bonchev–Trinajstić information content (AvgIpc) is 3.30. The zero-order valence-electron chi connectivity index (χ0n) is 13.2. The van der Waals surface area contributed by atoms with Crippen molar-refractivity contribution in [3.63, 3.8) is 0 Å². The van der Waals surface area contributed by atoms with Crippen molar-refractivity contribution in [3.05, 3.63) is 35.6 Å². The van der Waals surface area contributed by atoms with Gasteiger partial charge in [0.05, 0.1) is 11.7 Å². The summed E-state index contributed by atoms with van der Waals surface area (Å²) in [5, 5.41) is 0. The Morgan fingerprint density at radius 3 is 2.43 bits per heavy atom. The molecule has 0 bridgehead atoms. The first-order chi connectivity index (χ1) is 10.8. The lowest BCUT2D eigenvalue weighted by molar-refractivity contribution is -0.133. The molecule has 1 saturated heterocycles. The summed E-state index contributed by atoms with van der Waals surface area (Å²) in [6.07, 6.45) is 3.09. The molecule has 1 aliphatic carbocycles. The van der Waals surface area contributed by atoms with Gasteiger partial charge in [-0.1, -0.05) is 18.2 Å². The lowest BCUT2D eigenvalue weighted by Gasteiger charge is -2.26. The van der Waals surface area contributed by atoms with Crippen LogP contribution in [0.15, 0.2) is 24.3 Å². The smallest absolute Gasteiger partial charge is 0.233 e. The Morgan fingerprint density at radius 2 is 1.83 bits per heavy atom. The minimum Gasteiger partial charge on any atom is -0.341 e. The first-order valence-corrected chi connectivity index (χ1v) is 9.69. The Hall–Kier alpha value is -1.47. The van der Waals surface area contributed by atoms with Crippen LogP contribution in [0.4, 0.5) is 4.39 Å². The molecule has 0 spiro atoms. The highest BCUT2D eigenvalue weighted by Crippen LogP contribution is 2.50. The van der Waals surface area contributed by atoms with Crippen molar-refractivity contribution in [3.8, 4) is 0 Å². The van der Waals surface area contributed by atoms with Gasteiger partial charge in [0, 0.05) is 31.7 Å². The van der Waals surface area contributed by atoms with E-state index in [1.54, 1.807) is 23.1 Å². The van der Waals surface area contributed by atoms with E-state index in [-0.39, 0.29) is 11.7 Å². The summed E-state index contributed by atoms with van der Waals surface area (Å²) in [7, 11) is -3.24. The quantitative estimate of drug-likeness (QED) is 0.835. The van der Waals surface area contributed by atoms with Crippen molar-refractivity contribution in [2.45, 2.75) is 24.7 Å². The van der Waals surface area contributed by atoms with Crippen LogP contribution >= 0.6 is 0 Å². The molecule has 2 aliphatic rings. The number of hydrogen-bond acceptors (Lipinski definition) is 3. The van der Waals surface area contributed by atoms with Crippen LogP contribution in [0, 0.1) is 5.82 Å². The molecule has 0 atom stereocenters. The van der Waals surface area contributed by atoms with Crippen molar-refractivity contribution in [1.29, 1.82) is 0 Å². The summed E-state index contributed by atoms with van der Waals surface area (Å²) in [4.78, 5) is 14.6. The summed E-state index contributed by atoms with van der Waals surface area (Å²) in [6.45, 7) is 1.61. The highest BCUT2D eigenvalue weighted by atomic mass is 32.2. The summed E-state index contributed by atoms with van der Waals surface area (Å²) < 4.78 is 38.8. The van der Waals surface area contributed by atoms with Gasteiger partial charge in [0.25, 0.3) is 0 Å². The third kappa shape index (κ3) is 3.12. The van der Waals surface area contributed by atoms with Crippen molar-refractivity contribution in [2.24, 2.45) is 0 Å². The van der Waals surface area contributed by atoms with E-state index < -0.39 is 15.4 Å². The minimum atomic E-state index is -3.24. The molecule has 1 aromatic rings. The number of amides is 1. The molecule has 0 N–H and O–H groups in total. The van der Waals surface area contributed by atoms with Gasteiger partial charge in [-0.05, 0) is 25.3 Å². The number of halogens is 1. The molecule has 2 fully saturated rings. The molecule has 1 aromatic carbocycles. The van der Waals surface area contributed by atoms with Crippen LogP contribution in [-0.4, -0.2) is 56.0 Å². The highest BCUT2D eigenvalue weighted by molar-refractivity contribution is 7.88. The van der Waals surface area contributed by atoms with E-state index in [0.29, 0.717) is 51.0 Å². The zero-order chi connectivity index (χ0) is 16.7. The Labute approximate surface area is 136 Å². The molecule has 1 amide bonds. The fraction of sp³-hybridized carbons (Fsp3) is 0.562. The second-order valence-electron chi connectivity index (χ2n) is 6.37. The topological polar surface area (TPSA) is 57.7 Å². The number of sulfonamides is 1. The molecule has 5 nitrogen and oxygen atoms in total. The van der Waals surface area contributed by atoms with E-state index in [1.807, 2.05) is 0 Å². The maximum absolute atomic E-state index is 14.1. The van der Waals surface area contributed by atoms with E-state index in [0.717, 1.165) is 0 Å². The lowest BCUT2D eigenvalue weighted by Crippen LogP contribution is -2.42. The molecule has 0 aromatic heterocycles. The molecule has 126 valence electrons. The molecule has 1 saturated carbocycles. The first-order valence-electron chi connectivity index (χ1n) is 7.84. The average molecular weight is 340 g/mol. The Bertz CT molecular complexity index is 716. The second kappa shape index (κ2) is 5.87. The molecule has 23 heavy (non-hydrogen) atoms. The number of rotatable bonds is 3. The van der Waals surface area contributed by atoms with Crippen molar-refractivity contribution >= 4 is 15.9 Å². The van der Waals surface area contributed by atoms with Gasteiger partial charge < -0.3 is 4.90 Å². The standard InChI is InChI=1S/C16H21FN2O3S/c1-23(21,22)19-10-4-9-18(11-12-19)15(20)16(7-8-16)13-5-2-3-6-14(13)17/h2-3,5-6H,4,7-12H2,1H3. The highest BCUT2D eigenvalue weighted by Gasteiger charge is 2.54. The van der Waals surface area contributed by atoms with Gasteiger partial charge in [0.15, 0.2) is 0 Å². The van der Waals surface area contributed by atoms with Crippen molar-refractivity contribution in [1.82, 2.24) is 9.21 Å². The normalized spacial score (nSPS) is 21.7. The van der Waals surface area contributed by atoms with Crippen LogP contribution in [-0.2, 0) is 20.2 Å². The third-order valence-corrected chi connectivity index (χ3v) is 6.06. The predicted molar refractivity (Wildman–Crippen MR) is 84.9 cm³/mol. The second-order valence-corrected chi connectivity index (χ2v) is 8.35. The zero-order valence-corrected chi connectivity index (χ0v) is 14.0. The van der Waals surface area contributed by atoms with E-state index in [4.69, 9.17) is 0 Å². The van der Waals surface area contributed by atoms with Gasteiger partial charge in [0.1, 0.15) is 5.82 Å². The third-order valence-electron chi connectivity index (χ3n) is 4.76. The number of benzene rings is 1. The molecule has 0 unspecified atom stereocenters. The maximum atomic E-state index is 14.1. The Morgan fingerprint density at radius 1 is 1.13 bits per heavy atom. The van der Waals surface area contributed by atoms with Crippen LogP contribution in [0.25, 0.3) is 0 Å². The molecular formula is C16H21FN2O3S. The molecule has 1 aliphatic heterocycles. The van der Waals surface area contributed by atoms with Gasteiger partial charge in [-0.15, -0.1) is 0 Å². The Kier molecular flexibility index (Phi) is 4.18. The fourth-order valence-corrected chi connectivity index (χ4v) is 4.18. The SMILES string of the molecule is CS(=O)(=O)N1CCCN(C(=O)C2(c3ccccc3F)CC2)CC1. The van der Waals surface area contributed by atoms with Gasteiger partial charge in [-0.2, -0.15) is 0 Å². The summed E-state index contributed by atoms with van der Waals surface area (Å²) >= 11 is 0. The van der Waals surface area contributed by atoms with E-state index >= 15 is 0 Å². The molecule has 7 heteroatoms. The van der Waals surface area contributed by atoms with E-state index in [2.05, 4.69) is 0 Å². The number of hydrogen-bond donors (Lipinski definition) is 0. The van der Waals surface area contributed by atoms with E-state index in [9.17, 15) is 17.6 Å². The minimum absolute atomic E-state index is 0.0713. The summed E-state index contributed by atoms with van der Waals surface area (Å²) in [5.41, 5.74) is -0.278. The molecule has 1 heterocycles. The van der Waals surface area contributed by atoms with Gasteiger partial charge in [-0.3, -0.25) is 4.79 Å². The van der Waals surface area contributed by atoms with Gasteiger partial charge >= 0.3 is 0 Å². The van der Waals surface area contributed by atoms with Crippen LogP contribution in [0.5, 0.6) is 0 Å². The molecule has 3 rings (SSSR count). The van der Waals surface area contributed by atoms with Crippen LogP contribution in [0.3, 0.4) is 0 Å². The van der Waals surface area contributed by atoms with Crippen LogP contribution < -0.4 is 0 Å². The van der Waals surface area contributed by atoms with Crippen molar-refractivity contribution in [2.75, 3.05) is 32.4 Å². The summed E-state index contributed by atoms with van der Waals surface area (Å²) in [5.74, 6) is -0.413. The van der Waals surface area contributed by atoms with E-state index in [1.165, 1.54) is 16.6 Å². The largest absolute Gasteiger partial charge is 0.341 e. The maximum Gasteiger partial charge on any atom is 0.233 e. The predicted octanol–water partition coefficient (Wildman–Crippen LogP) is 1.35. The van der Waals surface area contributed by atoms with Crippen molar-refractivity contribution < 1.29 is 17.6 Å². The number of nitrogens with zero attached hydrogens (tertiary/aromatic N) is 2. The molecule has 0 radical (unpaired) electrons.